The molecule has 1 saturated heterocycles. The van der Waals surface area contributed by atoms with Crippen LogP contribution in [0.1, 0.15) is 38.4 Å². The van der Waals surface area contributed by atoms with Crippen molar-refractivity contribution in [3.63, 3.8) is 0 Å². The molecule has 4 heteroatoms. The van der Waals surface area contributed by atoms with Crippen molar-refractivity contribution in [2.75, 3.05) is 7.11 Å². The van der Waals surface area contributed by atoms with E-state index in [1.54, 1.807) is 7.11 Å². The normalized spacial score (nSPS) is 27.8. The Morgan fingerprint density at radius 2 is 2.05 bits per heavy atom. The van der Waals surface area contributed by atoms with E-state index in [9.17, 15) is 4.79 Å². The lowest BCUT2D eigenvalue weighted by Gasteiger charge is -2.31. The monoisotopic (exact) mass is 274 g/mol. The Morgan fingerprint density at radius 3 is 2.70 bits per heavy atom. The lowest BCUT2D eigenvalue weighted by molar-refractivity contribution is -0.132. The molecule has 3 atom stereocenters. The fourth-order valence-electron chi connectivity index (χ4n) is 3.11. The fraction of sp³-hybridized carbons (Fsp3) is 0.562. The van der Waals surface area contributed by atoms with Crippen molar-refractivity contribution in [1.29, 1.82) is 0 Å². The van der Waals surface area contributed by atoms with Gasteiger partial charge in [-0.3, -0.25) is 10.1 Å². The molecule has 1 N–H and O–H groups in total. The predicted octanol–water partition coefficient (Wildman–Crippen LogP) is 2.31. The quantitative estimate of drug-likeness (QED) is 0.916. The van der Waals surface area contributed by atoms with Crippen LogP contribution in [0.5, 0.6) is 5.75 Å². The molecule has 4 nitrogen and oxygen atoms in total. The summed E-state index contributed by atoms with van der Waals surface area (Å²) in [6.45, 7) is 4.10. The fourth-order valence-corrected chi connectivity index (χ4v) is 3.11. The van der Waals surface area contributed by atoms with Gasteiger partial charge in [0.2, 0.25) is 5.91 Å². The van der Waals surface area contributed by atoms with E-state index >= 15 is 0 Å². The summed E-state index contributed by atoms with van der Waals surface area (Å²) >= 11 is 0. The molecule has 1 aromatic rings. The van der Waals surface area contributed by atoms with Gasteiger partial charge in [-0.2, -0.15) is 0 Å². The van der Waals surface area contributed by atoms with Crippen LogP contribution in [0, 0.1) is 5.92 Å². The molecule has 0 bridgehead atoms. The minimum atomic E-state index is -0.133. The number of carbonyl (C=O) groups excluding carboxylic acids is 1. The molecule has 1 aliphatic heterocycles. The second kappa shape index (κ2) is 5.09. The number of methoxy groups -OCH3 is 1. The number of ether oxygens (including phenoxy) is 1. The molecule has 2 fully saturated rings. The van der Waals surface area contributed by atoms with Crippen molar-refractivity contribution in [1.82, 2.24) is 10.2 Å². The molecular weight excluding hydrogens is 252 g/mol. The first-order valence-corrected chi connectivity index (χ1v) is 7.34. The molecule has 20 heavy (non-hydrogen) atoms. The molecular formula is C16H22N2O2. The number of rotatable bonds is 4. The molecule has 3 unspecified atom stereocenters. The van der Waals surface area contributed by atoms with Crippen molar-refractivity contribution in [2.24, 2.45) is 5.92 Å². The first kappa shape index (κ1) is 13.4. The van der Waals surface area contributed by atoms with Gasteiger partial charge in [0.1, 0.15) is 11.9 Å². The van der Waals surface area contributed by atoms with Gasteiger partial charge in [0, 0.05) is 11.6 Å². The molecule has 2 aliphatic rings. The third kappa shape index (κ3) is 2.18. The van der Waals surface area contributed by atoms with Crippen LogP contribution in [0.25, 0.3) is 0 Å². The van der Waals surface area contributed by atoms with E-state index in [1.165, 1.54) is 12.8 Å². The zero-order valence-electron chi connectivity index (χ0n) is 12.3. The Kier molecular flexibility index (Phi) is 3.42. The summed E-state index contributed by atoms with van der Waals surface area (Å²) in [4.78, 5) is 14.5. The molecule has 1 amide bonds. The van der Waals surface area contributed by atoms with Gasteiger partial charge < -0.3 is 9.64 Å². The minimum absolute atomic E-state index is 0.0794. The Bertz CT molecular complexity index is 513. The van der Waals surface area contributed by atoms with Gasteiger partial charge in [0.05, 0.1) is 13.2 Å². The molecule has 0 radical (unpaired) electrons. The van der Waals surface area contributed by atoms with E-state index in [4.69, 9.17) is 4.74 Å². The van der Waals surface area contributed by atoms with Gasteiger partial charge in [0.15, 0.2) is 0 Å². The van der Waals surface area contributed by atoms with E-state index in [1.807, 2.05) is 36.1 Å². The Morgan fingerprint density at radius 1 is 1.35 bits per heavy atom. The van der Waals surface area contributed by atoms with Crippen LogP contribution in [-0.2, 0) is 4.79 Å². The van der Waals surface area contributed by atoms with Crippen LogP contribution in [-0.4, -0.2) is 30.0 Å². The lowest BCUT2D eigenvalue weighted by Crippen LogP contribution is -2.39. The average molecular weight is 274 g/mol. The molecule has 0 aromatic heterocycles. The summed E-state index contributed by atoms with van der Waals surface area (Å²) < 4.78 is 5.45. The Balaban J connectivity index is 1.95. The van der Waals surface area contributed by atoms with Gasteiger partial charge >= 0.3 is 0 Å². The van der Waals surface area contributed by atoms with Gasteiger partial charge in [-0.1, -0.05) is 18.2 Å². The number of nitrogens with zero attached hydrogens (tertiary/aromatic N) is 1. The standard InChI is InChI=1S/C16H22N2O2/c1-10-16(19)18(11(2)12-8-9-12)15(17-10)13-6-4-5-7-14(13)20-3/h4-7,10-12,15,17H,8-9H2,1-3H3. The summed E-state index contributed by atoms with van der Waals surface area (Å²) in [5, 5.41) is 3.40. The van der Waals surface area contributed by atoms with E-state index in [-0.39, 0.29) is 24.2 Å². The zero-order valence-corrected chi connectivity index (χ0v) is 12.3. The lowest BCUT2D eigenvalue weighted by atomic mass is 10.1. The first-order valence-electron chi connectivity index (χ1n) is 7.34. The second-order valence-corrected chi connectivity index (χ2v) is 5.86. The molecule has 0 spiro atoms. The highest BCUT2D eigenvalue weighted by Gasteiger charge is 2.45. The molecule has 1 heterocycles. The Labute approximate surface area is 120 Å². The number of hydrogen-bond acceptors (Lipinski definition) is 3. The third-order valence-electron chi connectivity index (χ3n) is 4.49. The van der Waals surface area contributed by atoms with Crippen molar-refractivity contribution in [2.45, 2.75) is 44.9 Å². The second-order valence-electron chi connectivity index (χ2n) is 5.86. The van der Waals surface area contributed by atoms with Crippen molar-refractivity contribution < 1.29 is 9.53 Å². The van der Waals surface area contributed by atoms with E-state index in [0.29, 0.717) is 5.92 Å². The first-order chi connectivity index (χ1) is 9.63. The highest BCUT2D eigenvalue weighted by molar-refractivity contribution is 5.84. The molecule has 108 valence electrons. The maximum absolute atomic E-state index is 12.5. The van der Waals surface area contributed by atoms with Crippen LogP contribution in [0.2, 0.25) is 0 Å². The van der Waals surface area contributed by atoms with Crippen LogP contribution in [0.4, 0.5) is 0 Å². The maximum Gasteiger partial charge on any atom is 0.241 e. The summed E-state index contributed by atoms with van der Waals surface area (Å²) in [6.07, 6.45) is 2.39. The SMILES string of the molecule is COc1ccccc1C1NC(C)C(=O)N1C(C)C1CC1. The zero-order chi connectivity index (χ0) is 14.3. The van der Waals surface area contributed by atoms with Crippen LogP contribution < -0.4 is 10.1 Å². The topological polar surface area (TPSA) is 41.6 Å². The van der Waals surface area contributed by atoms with Gasteiger partial charge in [0.25, 0.3) is 0 Å². The van der Waals surface area contributed by atoms with Gasteiger partial charge in [-0.05, 0) is 38.7 Å². The molecule has 3 rings (SSSR count). The van der Waals surface area contributed by atoms with E-state index in [2.05, 4.69) is 12.2 Å². The van der Waals surface area contributed by atoms with Crippen LogP contribution >= 0.6 is 0 Å². The largest absolute Gasteiger partial charge is 0.496 e. The van der Waals surface area contributed by atoms with Crippen molar-refractivity contribution >= 4 is 5.91 Å². The van der Waals surface area contributed by atoms with Crippen LogP contribution in [0.3, 0.4) is 0 Å². The molecule has 1 saturated carbocycles. The molecule has 1 aromatic carbocycles. The number of carbonyl (C=O) groups is 1. The maximum atomic E-state index is 12.5. The van der Waals surface area contributed by atoms with Gasteiger partial charge in [-0.15, -0.1) is 0 Å². The van der Waals surface area contributed by atoms with Gasteiger partial charge in [-0.25, -0.2) is 0 Å². The smallest absolute Gasteiger partial charge is 0.241 e. The van der Waals surface area contributed by atoms with Crippen molar-refractivity contribution in [3.05, 3.63) is 29.8 Å². The molecule has 1 aliphatic carbocycles. The Hall–Kier alpha value is -1.55. The number of para-hydroxylation sites is 1. The minimum Gasteiger partial charge on any atom is -0.496 e. The van der Waals surface area contributed by atoms with E-state index < -0.39 is 0 Å². The van der Waals surface area contributed by atoms with E-state index in [0.717, 1.165) is 11.3 Å². The number of benzene rings is 1. The third-order valence-corrected chi connectivity index (χ3v) is 4.49. The predicted molar refractivity (Wildman–Crippen MR) is 77.4 cm³/mol. The summed E-state index contributed by atoms with van der Waals surface area (Å²) in [5.41, 5.74) is 1.04. The van der Waals surface area contributed by atoms with Crippen molar-refractivity contribution in [3.8, 4) is 5.75 Å². The summed E-state index contributed by atoms with van der Waals surface area (Å²) in [5.74, 6) is 1.68. The summed E-state index contributed by atoms with van der Waals surface area (Å²) in [7, 11) is 1.67. The number of amides is 1. The highest BCUT2D eigenvalue weighted by atomic mass is 16.5. The summed E-state index contributed by atoms with van der Waals surface area (Å²) in [6, 6.07) is 8.09. The number of nitrogens with one attached hydrogen (secondary N) is 1. The average Bonchev–Trinajstić information content (AvgIpc) is 3.26. The van der Waals surface area contributed by atoms with Crippen LogP contribution in [0.15, 0.2) is 24.3 Å². The highest BCUT2D eigenvalue weighted by Crippen LogP contribution is 2.41. The number of hydrogen-bond donors (Lipinski definition) is 1.